The first kappa shape index (κ1) is 39.7. The van der Waals surface area contributed by atoms with Crippen LogP contribution in [0.2, 0.25) is 0 Å². The largest absolute Gasteiger partial charge is 0.332 e. The fourth-order valence-electron chi connectivity index (χ4n) is 9.89. The summed E-state index contributed by atoms with van der Waals surface area (Å²) < 4.78 is 5.07. The SMILES string of the molecule is CC(C)(C)c1nc(C2C=C(C3=C(n4c5ccccc5c5ccccc54)CCC=C3)C=CC2n2c3ccc(-c4ccccc4)cc3c3cc(-c4ccccc4)ccc32)nc(C(C)(C)C)n1. The molecule has 0 N–H and O–H groups in total. The van der Waals surface area contributed by atoms with Gasteiger partial charge in [0.25, 0.3) is 0 Å². The molecule has 11 rings (SSSR count). The summed E-state index contributed by atoms with van der Waals surface area (Å²) in [6.45, 7) is 13.2. The molecule has 3 heterocycles. The van der Waals surface area contributed by atoms with Gasteiger partial charge >= 0.3 is 0 Å². The lowest BCUT2D eigenvalue weighted by atomic mass is 9.84. The molecule has 2 aliphatic rings. The number of rotatable bonds is 6. The lowest BCUT2D eigenvalue weighted by molar-refractivity contribution is 0.470. The van der Waals surface area contributed by atoms with Crippen LogP contribution in [0.25, 0.3) is 71.6 Å². The number of para-hydroxylation sites is 2. The van der Waals surface area contributed by atoms with Crippen LogP contribution in [0.5, 0.6) is 0 Å². The Morgan fingerprint density at radius 2 is 1.02 bits per heavy atom. The lowest BCUT2D eigenvalue weighted by Gasteiger charge is -2.31. The predicted octanol–water partition coefficient (Wildman–Crippen LogP) is 15.1. The van der Waals surface area contributed by atoms with Crippen LogP contribution in [0.1, 0.15) is 83.8 Å². The Bertz CT molecular complexity index is 3220. The molecule has 3 aromatic heterocycles. The molecule has 2 aliphatic carbocycles. The highest BCUT2D eigenvalue weighted by Crippen LogP contribution is 2.46. The fourth-order valence-corrected chi connectivity index (χ4v) is 9.89. The van der Waals surface area contributed by atoms with E-state index in [1.165, 1.54) is 82.7 Å². The molecule has 0 saturated carbocycles. The normalized spacial score (nSPS) is 17.0. The average Bonchev–Trinajstić information content (AvgIpc) is 3.83. The minimum absolute atomic E-state index is 0.137. The first-order chi connectivity index (χ1) is 31.0. The zero-order valence-corrected chi connectivity index (χ0v) is 37.5. The summed E-state index contributed by atoms with van der Waals surface area (Å²) in [5.74, 6) is 2.22. The van der Waals surface area contributed by atoms with Crippen molar-refractivity contribution in [1.82, 2.24) is 24.1 Å². The van der Waals surface area contributed by atoms with Crippen LogP contribution in [0, 0.1) is 0 Å². The summed E-state index contributed by atoms with van der Waals surface area (Å²) in [6.07, 6.45) is 13.9. The van der Waals surface area contributed by atoms with Crippen LogP contribution in [0.15, 0.2) is 187 Å². The van der Waals surface area contributed by atoms with Crippen molar-refractivity contribution < 1.29 is 0 Å². The van der Waals surface area contributed by atoms with E-state index in [2.05, 4.69) is 227 Å². The Morgan fingerprint density at radius 3 is 1.55 bits per heavy atom. The topological polar surface area (TPSA) is 48.5 Å². The molecule has 0 amide bonds. The summed E-state index contributed by atoms with van der Waals surface area (Å²) in [6, 6.07) is 52.9. The number of benzene rings is 6. The highest BCUT2D eigenvalue weighted by molar-refractivity contribution is 6.11. The zero-order chi connectivity index (χ0) is 43.7. The van der Waals surface area contributed by atoms with Crippen molar-refractivity contribution in [3.05, 3.63) is 205 Å². The summed E-state index contributed by atoms with van der Waals surface area (Å²) in [5, 5.41) is 5.00. The zero-order valence-electron chi connectivity index (χ0n) is 37.5. The van der Waals surface area contributed by atoms with Gasteiger partial charge in [-0.05, 0) is 77.1 Å². The first-order valence-corrected chi connectivity index (χ1v) is 22.8. The third-order valence-electron chi connectivity index (χ3n) is 13.1. The van der Waals surface area contributed by atoms with Crippen LogP contribution in [-0.2, 0) is 10.8 Å². The van der Waals surface area contributed by atoms with Crippen LogP contribution < -0.4 is 0 Å². The Labute approximate surface area is 375 Å². The second-order valence-electron chi connectivity index (χ2n) is 19.6. The molecule has 5 heteroatoms. The molecule has 2 atom stereocenters. The van der Waals surface area contributed by atoms with Gasteiger partial charge in [0.05, 0.1) is 23.0 Å². The maximum absolute atomic E-state index is 5.45. The number of hydrogen-bond acceptors (Lipinski definition) is 3. The van der Waals surface area contributed by atoms with Crippen molar-refractivity contribution >= 4 is 49.3 Å². The van der Waals surface area contributed by atoms with E-state index >= 15 is 0 Å². The summed E-state index contributed by atoms with van der Waals surface area (Å²) in [7, 11) is 0. The van der Waals surface area contributed by atoms with Gasteiger partial charge in [-0.3, -0.25) is 0 Å². The van der Waals surface area contributed by atoms with Crippen molar-refractivity contribution in [2.45, 2.75) is 77.2 Å². The quantitative estimate of drug-likeness (QED) is 0.168. The van der Waals surface area contributed by atoms with E-state index in [0.717, 1.165) is 30.3 Å². The number of allylic oxidation sites excluding steroid dienone is 8. The molecule has 64 heavy (non-hydrogen) atoms. The van der Waals surface area contributed by atoms with E-state index in [1.54, 1.807) is 0 Å². The van der Waals surface area contributed by atoms with Gasteiger partial charge in [-0.2, -0.15) is 0 Å². The molecule has 0 fully saturated rings. The van der Waals surface area contributed by atoms with E-state index in [4.69, 9.17) is 15.0 Å². The van der Waals surface area contributed by atoms with Crippen molar-refractivity contribution in [3.8, 4) is 22.3 Å². The van der Waals surface area contributed by atoms with Gasteiger partial charge in [0, 0.05) is 54.7 Å². The molecule has 0 bridgehead atoms. The molecular formula is C59H53N5. The molecule has 6 aromatic carbocycles. The van der Waals surface area contributed by atoms with E-state index in [-0.39, 0.29) is 22.8 Å². The minimum atomic E-state index is -0.281. The van der Waals surface area contributed by atoms with Crippen molar-refractivity contribution in [2.75, 3.05) is 0 Å². The second kappa shape index (κ2) is 15.3. The highest BCUT2D eigenvalue weighted by atomic mass is 15.1. The highest BCUT2D eigenvalue weighted by Gasteiger charge is 2.34. The molecular weight excluding hydrogens is 779 g/mol. The minimum Gasteiger partial charge on any atom is -0.332 e. The standard InChI is InChI=1S/C59H53N5/c1-58(2,3)56-60-55(61-57(62-56)59(4,5)6)48-37-42(43-23-13-16-26-49(43)63-50-27-17-14-24-44(50)45-25-15-18-28-51(45)63)31-34-54(48)64-52-32-29-40(38-19-9-7-10-20-38)35-46(52)47-36-41(30-33-53(47)64)39-21-11-8-12-22-39/h7-15,17-25,27-37,48,54H,16,26H2,1-6H3. The lowest BCUT2D eigenvalue weighted by Crippen LogP contribution is -2.28. The van der Waals surface area contributed by atoms with Crippen LogP contribution in [-0.4, -0.2) is 24.1 Å². The van der Waals surface area contributed by atoms with Crippen molar-refractivity contribution in [3.63, 3.8) is 0 Å². The first-order valence-electron chi connectivity index (χ1n) is 22.8. The number of hydrogen-bond donors (Lipinski definition) is 0. The van der Waals surface area contributed by atoms with Gasteiger partial charge in [0.15, 0.2) is 0 Å². The number of nitrogens with zero attached hydrogens (tertiary/aromatic N) is 5. The molecule has 0 saturated heterocycles. The van der Waals surface area contributed by atoms with E-state index in [9.17, 15) is 0 Å². The molecule has 0 radical (unpaired) electrons. The van der Waals surface area contributed by atoms with Gasteiger partial charge in [-0.1, -0.05) is 181 Å². The van der Waals surface area contributed by atoms with E-state index in [0.29, 0.717) is 0 Å². The Balaban J connectivity index is 1.17. The summed E-state index contributed by atoms with van der Waals surface area (Å²) in [4.78, 5) is 16.0. The van der Waals surface area contributed by atoms with Crippen molar-refractivity contribution in [1.29, 1.82) is 0 Å². The molecule has 9 aromatic rings. The van der Waals surface area contributed by atoms with Crippen LogP contribution in [0.3, 0.4) is 0 Å². The Hall–Kier alpha value is -7.11. The van der Waals surface area contributed by atoms with Crippen molar-refractivity contribution in [2.24, 2.45) is 0 Å². The molecule has 0 aliphatic heterocycles. The predicted molar refractivity (Wildman–Crippen MR) is 268 cm³/mol. The maximum atomic E-state index is 5.45. The number of fused-ring (bicyclic) bond motifs is 6. The summed E-state index contributed by atoms with van der Waals surface area (Å²) in [5.41, 5.74) is 12.8. The number of aromatic nitrogens is 5. The summed E-state index contributed by atoms with van der Waals surface area (Å²) >= 11 is 0. The van der Waals surface area contributed by atoms with Crippen LogP contribution in [0.4, 0.5) is 0 Å². The Kier molecular flexibility index (Phi) is 9.50. The smallest absolute Gasteiger partial charge is 0.141 e. The average molecular weight is 832 g/mol. The monoisotopic (exact) mass is 831 g/mol. The molecule has 314 valence electrons. The van der Waals surface area contributed by atoms with Gasteiger partial charge in [-0.15, -0.1) is 0 Å². The molecule has 2 unspecified atom stereocenters. The third-order valence-corrected chi connectivity index (χ3v) is 13.1. The Morgan fingerprint density at radius 1 is 0.500 bits per heavy atom. The molecule has 5 nitrogen and oxygen atoms in total. The maximum Gasteiger partial charge on any atom is 0.141 e. The molecule has 0 spiro atoms. The van der Waals surface area contributed by atoms with Gasteiger partial charge < -0.3 is 9.13 Å². The van der Waals surface area contributed by atoms with Gasteiger partial charge in [-0.25, -0.2) is 15.0 Å². The second-order valence-corrected chi connectivity index (χ2v) is 19.6. The third kappa shape index (κ3) is 6.82. The van der Waals surface area contributed by atoms with E-state index < -0.39 is 0 Å². The van der Waals surface area contributed by atoms with E-state index in [1.807, 2.05) is 0 Å². The van der Waals surface area contributed by atoms with Gasteiger partial charge in [0.1, 0.15) is 17.5 Å². The van der Waals surface area contributed by atoms with Gasteiger partial charge in [0.2, 0.25) is 0 Å². The van der Waals surface area contributed by atoms with Crippen LogP contribution >= 0.6 is 0 Å². The fraction of sp³-hybridized carbons (Fsp3) is 0.203.